The first kappa shape index (κ1) is 10.5. The Balaban J connectivity index is 1.95. The second kappa shape index (κ2) is 4.67. The van der Waals surface area contributed by atoms with Gasteiger partial charge in [0.05, 0.1) is 0 Å². The zero-order valence-electron chi connectivity index (χ0n) is 9.71. The van der Waals surface area contributed by atoms with Gasteiger partial charge in [-0.25, -0.2) is 0 Å². The average Bonchev–Trinajstić information content (AvgIpc) is 2.58. The van der Waals surface area contributed by atoms with E-state index >= 15 is 0 Å². The van der Waals surface area contributed by atoms with Crippen LogP contribution in [0.25, 0.3) is 0 Å². The summed E-state index contributed by atoms with van der Waals surface area (Å²) in [5.41, 5.74) is 4.37. The number of aromatic nitrogens is 1. The Kier molecular flexibility index (Phi) is 3.27. The lowest BCUT2D eigenvalue weighted by molar-refractivity contribution is 0.616. The fraction of sp³-hybridized carbons (Fsp3) is 0.538. The van der Waals surface area contributed by atoms with E-state index < -0.39 is 0 Å². The molecule has 0 saturated carbocycles. The molecule has 0 atom stereocenters. The molecule has 0 spiro atoms. The first-order valence-electron chi connectivity index (χ1n) is 5.79. The van der Waals surface area contributed by atoms with E-state index in [1.54, 1.807) is 5.57 Å². The number of hydrogen-bond donors (Lipinski definition) is 1. The summed E-state index contributed by atoms with van der Waals surface area (Å²) in [6, 6.07) is 4.40. The monoisotopic (exact) mass is 204 g/mol. The van der Waals surface area contributed by atoms with Gasteiger partial charge >= 0.3 is 0 Å². The molecule has 0 radical (unpaired) electrons. The van der Waals surface area contributed by atoms with Crippen molar-refractivity contribution >= 4 is 0 Å². The molecule has 0 amide bonds. The van der Waals surface area contributed by atoms with E-state index in [1.807, 2.05) is 0 Å². The van der Waals surface area contributed by atoms with E-state index in [2.05, 4.69) is 41.9 Å². The number of nitrogens with zero attached hydrogens (tertiary/aromatic N) is 1. The summed E-state index contributed by atoms with van der Waals surface area (Å²) in [6.45, 7) is 7.71. The number of rotatable bonds is 3. The Bertz CT molecular complexity index is 341. The van der Waals surface area contributed by atoms with E-state index in [1.165, 1.54) is 24.2 Å². The average molecular weight is 204 g/mol. The van der Waals surface area contributed by atoms with Crippen LogP contribution in [0.2, 0.25) is 0 Å². The third kappa shape index (κ3) is 2.51. The van der Waals surface area contributed by atoms with Gasteiger partial charge in [-0.15, -0.1) is 0 Å². The molecule has 0 bridgehead atoms. The molecule has 1 aliphatic heterocycles. The highest BCUT2D eigenvalue weighted by Crippen LogP contribution is 2.14. The normalized spacial score (nSPS) is 16.5. The summed E-state index contributed by atoms with van der Waals surface area (Å²) >= 11 is 0. The summed E-state index contributed by atoms with van der Waals surface area (Å²) < 4.78 is 2.41. The molecule has 1 aromatic heterocycles. The predicted octanol–water partition coefficient (Wildman–Crippen LogP) is 2.41. The van der Waals surface area contributed by atoms with Crippen molar-refractivity contribution in [3.63, 3.8) is 0 Å². The molecule has 0 fully saturated rings. The molecular formula is C13H20N2. The second-order valence-corrected chi connectivity index (χ2v) is 4.33. The molecule has 1 N–H and O–H groups in total. The van der Waals surface area contributed by atoms with Crippen LogP contribution >= 0.6 is 0 Å². The first-order chi connectivity index (χ1) is 7.27. The van der Waals surface area contributed by atoms with Gasteiger partial charge in [0.2, 0.25) is 0 Å². The van der Waals surface area contributed by atoms with Gasteiger partial charge in [0.25, 0.3) is 0 Å². The Labute approximate surface area is 92.0 Å². The zero-order chi connectivity index (χ0) is 10.7. The standard InChI is InChI=1S/C13H20N2/c1-11-3-4-12(2)15(11)10-7-13-5-8-14-9-6-13/h3-5,14H,6-10H2,1-2H3. The van der Waals surface area contributed by atoms with Crippen molar-refractivity contribution in [1.82, 2.24) is 9.88 Å². The summed E-state index contributed by atoms with van der Waals surface area (Å²) in [6.07, 6.45) is 4.77. The minimum Gasteiger partial charge on any atom is -0.349 e. The molecule has 15 heavy (non-hydrogen) atoms. The van der Waals surface area contributed by atoms with Gasteiger partial charge in [-0.05, 0) is 45.4 Å². The van der Waals surface area contributed by atoms with Crippen molar-refractivity contribution in [3.05, 3.63) is 35.2 Å². The first-order valence-corrected chi connectivity index (χ1v) is 5.79. The fourth-order valence-corrected chi connectivity index (χ4v) is 2.20. The molecule has 2 heterocycles. The maximum absolute atomic E-state index is 3.35. The Morgan fingerprint density at radius 3 is 2.60 bits per heavy atom. The molecule has 1 aromatic rings. The van der Waals surface area contributed by atoms with Gasteiger partial charge in [-0.2, -0.15) is 0 Å². The van der Waals surface area contributed by atoms with Crippen molar-refractivity contribution in [2.75, 3.05) is 13.1 Å². The van der Waals surface area contributed by atoms with E-state index in [0.29, 0.717) is 0 Å². The van der Waals surface area contributed by atoms with Gasteiger partial charge in [-0.3, -0.25) is 0 Å². The summed E-state index contributed by atoms with van der Waals surface area (Å²) in [5, 5.41) is 3.35. The number of aryl methyl sites for hydroxylation is 2. The Hall–Kier alpha value is -1.02. The number of nitrogens with one attached hydrogen (secondary N) is 1. The summed E-state index contributed by atoms with van der Waals surface area (Å²) in [7, 11) is 0. The quantitative estimate of drug-likeness (QED) is 0.748. The Morgan fingerprint density at radius 2 is 2.00 bits per heavy atom. The second-order valence-electron chi connectivity index (χ2n) is 4.33. The van der Waals surface area contributed by atoms with Crippen molar-refractivity contribution in [2.24, 2.45) is 0 Å². The minimum atomic E-state index is 1.05. The lowest BCUT2D eigenvalue weighted by Crippen LogP contribution is -2.21. The smallest absolute Gasteiger partial charge is 0.0261 e. The highest BCUT2D eigenvalue weighted by molar-refractivity contribution is 5.14. The molecule has 2 rings (SSSR count). The van der Waals surface area contributed by atoms with E-state index in [4.69, 9.17) is 0 Å². The predicted molar refractivity (Wildman–Crippen MR) is 64.1 cm³/mol. The molecule has 2 heteroatoms. The molecule has 82 valence electrons. The van der Waals surface area contributed by atoms with Crippen LogP contribution in [0.4, 0.5) is 0 Å². The maximum Gasteiger partial charge on any atom is 0.0261 e. The van der Waals surface area contributed by atoms with Crippen LogP contribution in [-0.2, 0) is 6.54 Å². The zero-order valence-corrected chi connectivity index (χ0v) is 9.71. The highest BCUT2D eigenvalue weighted by atomic mass is 15.0. The van der Waals surface area contributed by atoms with Gasteiger partial charge in [0, 0.05) is 24.5 Å². The van der Waals surface area contributed by atoms with E-state index in [0.717, 1.165) is 19.6 Å². The molecule has 0 aliphatic carbocycles. The summed E-state index contributed by atoms with van der Waals surface area (Å²) in [5.74, 6) is 0. The Morgan fingerprint density at radius 1 is 1.27 bits per heavy atom. The van der Waals surface area contributed by atoms with Crippen molar-refractivity contribution in [3.8, 4) is 0 Å². The van der Waals surface area contributed by atoms with Gasteiger partial charge in [0.15, 0.2) is 0 Å². The van der Waals surface area contributed by atoms with Crippen molar-refractivity contribution in [2.45, 2.75) is 33.2 Å². The fourth-order valence-electron chi connectivity index (χ4n) is 2.20. The molecule has 0 saturated heterocycles. The molecule has 2 nitrogen and oxygen atoms in total. The molecule has 0 unspecified atom stereocenters. The van der Waals surface area contributed by atoms with Crippen LogP contribution in [0.3, 0.4) is 0 Å². The minimum absolute atomic E-state index is 1.05. The van der Waals surface area contributed by atoms with Crippen molar-refractivity contribution < 1.29 is 0 Å². The van der Waals surface area contributed by atoms with Crippen molar-refractivity contribution in [1.29, 1.82) is 0 Å². The van der Waals surface area contributed by atoms with Crippen LogP contribution in [-0.4, -0.2) is 17.7 Å². The third-order valence-electron chi connectivity index (χ3n) is 3.23. The summed E-state index contributed by atoms with van der Waals surface area (Å²) in [4.78, 5) is 0. The molecular weight excluding hydrogens is 184 g/mol. The van der Waals surface area contributed by atoms with Gasteiger partial charge in [-0.1, -0.05) is 11.6 Å². The largest absolute Gasteiger partial charge is 0.349 e. The highest BCUT2D eigenvalue weighted by Gasteiger charge is 2.05. The van der Waals surface area contributed by atoms with Crippen LogP contribution < -0.4 is 5.32 Å². The number of hydrogen-bond acceptors (Lipinski definition) is 1. The van der Waals surface area contributed by atoms with Crippen LogP contribution in [0.15, 0.2) is 23.8 Å². The van der Waals surface area contributed by atoms with E-state index in [9.17, 15) is 0 Å². The van der Waals surface area contributed by atoms with Crippen LogP contribution in [0, 0.1) is 13.8 Å². The van der Waals surface area contributed by atoms with Crippen LogP contribution in [0.5, 0.6) is 0 Å². The molecule has 1 aliphatic rings. The SMILES string of the molecule is Cc1ccc(C)n1CCC1=CCNCC1. The topological polar surface area (TPSA) is 17.0 Å². The lowest BCUT2D eigenvalue weighted by atomic mass is 10.1. The lowest BCUT2D eigenvalue weighted by Gasteiger charge is -2.15. The van der Waals surface area contributed by atoms with Gasteiger partial charge < -0.3 is 9.88 Å². The van der Waals surface area contributed by atoms with E-state index in [-0.39, 0.29) is 0 Å². The van der Waals surface area contributed by atoms with Gasteiger partial charge in [0.1, 0.15) is 0 Å². The molecule has 0 aromatic carbocycles. The third-order valence-corrected chi connectivity index (χ3v) is 3.23. The maximum atomic E-state index is 3.35. The van der Waals surface area contributed by atoms with Crippen LogP contribution in [0.1, 0.15) is 24.2 Å².